The van der Waals surface area contributed by atoms with Gasteiger partial charge in [-0.15, -0.1) is 10.2 Å². The average Bonchev–Trinajstić information content (AvgIpc) is 3.24. The molecule has 10 heteroatoms. The summed E-state index contributed by atoms with van der Waals surface area (Å²) in [6.07, 6.45) is 0.962. The van der Waals surface area contributed by atoms with Crippen molar-refractivity contribution in [1.82, 2.24) is 14.5 Å². The highest BCUT2D eigenvalue weighted by Crippen LogP contribution is 2.28. The molecule has 1 aliphatic heterocycles. The third-order valence-corrected chi connectivity index (χ3v) is 8.70. The average molecular weight is 535 g/mol. The molecule has 32 heavy (non-hydrogen) atoms. The highest BCUT2D eigenvalue weighted by Gasteiger charge is 2.31. The quantitative estimate of drug-likeness (QED) is 0.504. The molecular weight excluding hydrogens is 512 g/mol. The van der Waals surface area contributed by atoms with Crippen molar-refractivity contribution in [3.05, 3.63) is 64.1 Å². The Kier molecular flexibility index (Phi) is 7.04. The van der Waals surface area contributed by atoms with Crippen molar-refractivity contribution in [3.63, 3.8) is 0 Å². The Morgan fingerprint density at radius 2 is 1.75 bits per heavy atom. The van der Waals surface area contributed by atoms with Crippen molar-refractivity contribution in [2.45, 2.75) is 25.5 Å². The van der Waals surface area contributed by atoms with Crippen LogP contribution in [0.2, 0.25) is 0 Å². The number of hydrogen-bond donors (Lipinski definition) is 1. The number of sulfonamides is 1. The number of carbonyl (C=O) groups excluding carboxylic acids is 1. The molecule has 3 aromatic rings. The zero-order valence-corrected chi connectivity index (χ0v) is 20.7. The number of aryl methyl sites for hydroxylation is 1. The van der Waals surface area contributed by atoms with E-state index in [0.717, 1.165) is 26.2 Å². The van der Waals surface area contributed by atoms with Gasteiger partial charge in [0.1, 0.15) is 5.01 Å². The van der Waals surface area contributed by atoms with Crippen LogP contribution in [0.15, 0.2) is 53.0 Å². The first kappa shape index (κ1) is 23.0. The Bertz CT molecular complexity index is 1190. The van der Waals surface area contributed by atoms with Crippen LogP contribution in [0.4, 0.5) is 5.13 Å². The van der Waals surface area contributed by atoms with E-state index < -0.39 is 10.0 Å². The van der Waals surface area contributed by atoms with E-state index in [1.807, 2.05) is 43.3 Å². The smallest absolute Gasteiger partial charge is 0.229 e. The molecule has 4 rings (SSSR count). The minimum absolute atomic E-state index is 0.0380. The topological polar surface area (TPSA) is 92.3 Å². The first-order valence-corrected chi connectivity index (χ1v) is 13.5. The van der Waals surface area contributed by atoms with Crippen LogP contribution in [0.1, 0.15) is 24.0 Å². The predicted octanol–water partition coefficient (Wildman–Crippen LogP) is 4.46. The lowest BCUT2D eigenvalue weighted by molar-refractivity contribution is -0.120. The summed E-state index contributed by atoms with van der Waals surface area (Å²) in [6.45, 7) is 2.69. The maximum absolute atomic E-state index is 12.8. The van der Waals surface area contributed by atoms with Crippen LogP contribution in [-0.2, 0) is 20.6 Å². The molecule has 1 saturated heterocycles. The van der Waals surface area contributed by atoms with Gasteiger partial charge in [0.05, 0.1) is 5.75 Å². The number of nitrogens with zero attached hydrogens (tertiary/aromatic N) is 3. The van der Waals surface area contributed by atoms with Crippen molar-refractivity contribution in [3.8, 4) is 10.6 Å². The second-order valence-electron chi connectivity index (χ2n) is 7.82. The van der Waals surface area contributed by atoms with E-state index in [1.54, 1.807) is 12.1 Å². The highest BCUT2D eigenvalue weighted by molar-refractivity contribution is 9.10. The van der Waals surface area contributed by atoms with Crippen LogP contribution in [0.5, 0.6) is 0 Å². The normalized spacial score (nSPS) is 15.6. The molecule has 1 fully saturated rings. The van der Waals surface area contributed by atoms with Gasteiger partial charge in [0.15, 0.2) is 0 Å². The fourth-order valence-electron chi connectivity index (χ4n) is 3.57. The molecule has 168 valence electrons. The maximum atomic E-state index is 12.8. The Hall–Kier alpha value is -2.14. The molecule has 2 heterocycles. The number of rotatable bonds is 6. The van der Waals surface area contributed by atoms with E-state index in [9.17, 15) is 13.2 Å². The lowest BCUT2D eigenvalue weighted by atomic mass is 9.97. The van der Waals surface area contributed by atoms with Gasteiger partial charge < -0.3 is 5.32 Å². The fraction of sp³-hybridized carbons (Fsp3) is 0.318. The first-order valence-electron chi connectivity index (χ1n) is 10.2. The zero-order chi connectivity index (χ0) is 22.7. The van der Waals surface area contributed by atoms with Gasteiger partial charge in [0.2, 0.25) is 21.1 Å². The van der Waals surface area contributed by atoms with Crippen LogP contribution < -0.4 is 5.32 Å². The van der Waals surface area contributed by atoms with Crippen molar-refractivity contribution in [1.29, 1.82) is 0 Å². The predicted molar refractivity (Wildman–Crippen MR) is 130 cm³/mol. The molecule has 1 aromatic heterocycles. The molecular formula is C22H23BrN4O3S2. The van der Waals surface area contributed by atoms with Crippen LogP contribution in [0, 0.1) is 12.8 Å². The minimum atomic E-state index is -3.42. The van der Waals surface area contributed by atoms with Crippen molar-refractivity contribution >= 4 is 48.3 Å². The molecule has 0 aliphatic carbocycles. The molecule has 0 unspecified atom stereocenters. The van der Waals surface area contributed by atoms with E-state index in [4.69, 9.17) is 0 Å². The summed E-state index contributed by atoms with van der Waals surface area (Å²) in [7, 11) is -3.42. The molecule has 1 aliphatic rings. The fourth-order valence-corrected chi connectivity index (χ4v) is 6.15. The van der Waals surface area contributed by atoms with Crippen molar-refractivity contribution < 1.29 is 13.2 Å². The number of piperidine rings is 1. The number of amides is 1. The van der Waals surface area contributed by atoms with Gasteiger partial charge in [-0.05, 0) is 37.5 Å². The Morgan fingerprint density at radius 1 is 1.09 bits per heavy atom. The van der Waals surface area contributed by atoms with E-state index in [0.29, 0.717) is 31.1 Å². The largest absolute Gasteiger partial charge is 0.300 e. The third kappa shape index (κ3) is 5.61. The summed E-state index contributed by atoms with van der Waals surface area (Å²) in [5, 5.41) is 12.3. The Labute approximate surface area is 200 Å². The zero-order valence-electron chi connectivity index (χ0n) is 17.5. The summed E-state index contributed by atoms with van der Waals surface area (Å²) in [6, 6.07) is 15.2. The van der Waals surface area contributed by atoms with E-state index in [-0.39, 0.29) is 17.6 Å². The maximum Gasteiger partial charge on any atom is 0.229 e. The van der Waals surface area contributed by atoms with E-state index in [2.05, 4.69) is 31.4 Å². The number of carbonyl (C=O) groups is 1. The van der Waals surface area contributed by atoms with Crippen LogP contribution in [-0.4, -0.2) is 41.9 Å². The van der Waals surface area contributed by atoms with Crippen LogP contribution in [0.25, 0.3) is 10.6 Å². The summed E-state index contributed by atoms with van der Waals surface area (Å²) in [4.78, 5) is 12.7. The van der Waals surface area contributed by atoms with Gasteiger partial charge >= 0.3 is 0 Å². The van der Waals surface area contributed by atoms with Crippen LogP contribution >= 0.6 is 27.3 Å². The molecule has 0 radical (unpaired) electrons. The Balaban J connectivity index is 1.31. The highest BCUT2D eigenvalue weighted by atomic mass is 79.9. The summed E-state index contributed by atoms with van der Waals surface area (Å²) in [5.74, 6) is -0.425. The van der Waals surface area contributed by atoms with Crippen molar-refractivity contribution in [2.24, 2.45) is 5.92 Å². The SMILES string of the molecule is Cc1ccc(-c2nnc(NC(=O)C3CCN(S(=O)(=O)Cc4ccc(Br)cc4)CC3)s2)cc1. The summed E-state index contributed by atoms with van der Waals surface area (Å²) < 4.78 is 27.9. The summed E-state index contributed by atoms with van der Waals surface area (Å²) in [5.41, 5.74) is 2.86. The van der Waals surface area contributed by atoms with Gasteiger partial charge in [0.25, 0.3) is 0 Å². The van der Waals surface area contributed by atoms with Gasteiger partial charge in [-0.2, -0.15) is 0 Å². The van der Waals surface area contributed by atoms with Gasteiger partial charge in [-0.1, -0.05) is 69.2 Å². The molecule has 7 nitrogen and oxygen atoms in total. The summed E-state index contributed by atoms with van der Waals surface area (Å²) >= 11 is 4.68. The van der Waals surface area contributed by atoms with E-state index >= 15 is 0 Å². The van der Waals surface area contributed by atoms with Gasteiger partial charge in [-0.3, -0.25) is 4.79 Å². The lowest BCUT2D eigenvalue weighted by Crippen LogP contribution is -2.41. The molecule has 2 aromatic carbocycles. The number of anilines is 1. The monoisotopic (exact) mass is 534 g/mol. The molecule has 0 atom stereocenters. The van der Waals surface area contributed by atoms with Crippen molar-refractivity contribution in [2.75, 3.05) is 18.4 Å². The molecule has 0 spiro atoms. The number of nitrogens with one attached hydrogen (secondary N) is 1. The molecule has 0 saturated carbocycles. The lowest BCUT2D eigenvalue weighted by Gasteiger charge is -2.30. The second kappa shape index (κ2) is 9.78. The minimum Gasteiger partial charge on any atom is -0.300 e. The number of hydrogen-bond acceptors (Lipinski definition) is 6. The van der Waals surface area contributed by atoms with Crippen LogP contribution in [0.3, 0.4) is 0 Å². The van der Waals surface area contributed by atoms with Gasteiger partial charge in [-0.25, -0.2) is 12.7 Å². The number of benzene rings is 2. The number of halogens is 1. The van der Waals surface area contributed by atoms with Gasteiger partial charge in [0, 0.05) is 29.0 Å². The first-order chi connectivity index (χ1) is 15.3. The third-order valence-electron chi connectivity index (χ3n) is 5.43. The molecule has 0 bridgehead atoms. The molecule has 1 amide bonds. The second-order valence-corrected chi connectivity index (χ2v) is 11.7. The number of aromatic nitrogens is 2. The Morgan fingerprint density at radius 3 is 2.41 bits per heavy atom. The molecule has 1 N–H and O–H groups in total. The van der Waals surface area contributed by atoms with E-state index in [1.165, 1.54) is 15.6 Å². The standard InChI is InChI=1S/C22H23BrN4O3S2/c1-15-2-6-18(7-3-15)21-25-26-22(31-21)24-20(28)17-10-12-27(13-11-17)32(29,30)14-16-4-8-19(23)9-5-16/h2-9,17H,10-14H2,1H3,(H,24,26,28).